The number of amides is 3. The molecule has 1 fully saturated rings. The molecule has 40 heavy (non-hydrogen) atoms. The summed E-state index contributed by atoms with van der Waals surface area (Å²) in [7, 11) is 2.89. The second kappa shape index (κ2) is 13.1. The Morgan fingerprint density at radius 3 is 2.42 bits per heavy atom. The van der Waals surface area contributed by atoms with E-state index in [2.05, 4.69) is 16.0 Å². The van der Waals surface area contributed by atoms with Gasteiger partial charge in [0.2, 0.25) is 12.3 Å². The maximum Gasteiger partial charge on any atom is 0.256 e. The molecule has 1 aliphatic carbocycles. The van der Waals surface area contributed by atoms with Gasteiger partial charge in [-0.15, -0.1) is 0 Å². The second-order valence-corrected chi connectivity index (χ2v) is 9.41. The van der Waals surface area contributed by atoms with Gasteiger partial charge in [0, 0.05) is 31.4 Å². The van der Waals surface area contributed by atoms with Gasteiger partial charge in [-0.25, -0.2) is 4.39 Å². The molecule has 1 aromatic heterocycles. The Morgan fingerprint density at radius 1 is 1.12 bits per heavy atom. The van der Waals surface area contributed by atoms with Crippen LogP contribution in [0.4, 0.5) is 27.3 Å². The SMILES string of the molecule is CC.CNC(=O)c1c(N(C=O)c2cccc(CC(=O)NC3CC3)c2)c(C)c(=O)n(C)c1Nc1ccc(C)cc1F. The number of aryl methyl sites for hydroxylation is 1. The van der Waals surface area contributed by atoms with Crippen LogP contribution in [0.25, 0.3) is 0 Å². The molecule has 0 bridgehead atoms. The zero-order chi connectivity index (χ0) is 29.6. The minimum atomic E-state index is -0.583. The van der Waals surface area contributed by atoms with Gasteiger partial charge in [-0.2, -0.15) is 0 Å². The van der Waals surface area contributed by atoms with Crippen LogP contribution in [0.3, 0.4) is 0 Å². The van der Waals surface area contributed by atoms with Crippen molar-refractivity contribution in [2.45, 2.75) is 53.0 Å². The highest BCUT2D eigenvalue weighted by Gasteiger charge is 2.28. The molecule has 1 saturated carbocycles. The maximum absolute atomic E-state index is 14.7. The molecule has 3 aromatic rings. The number of aromatic nitrogens is 1. The quantitative estimate of drug-likeness (QED) is 0.343. The molecule has 0 radical (unpaired) electrons. The Bertz CT molecular complexity index is 1480. The largest absolute Gasteiger partial charge is 0.355 e. The highest BCUT2D eigenvalue weighted by Crippen LogP contribution is 2.35. The average molecular weight is 550 g/mol. The van der Waals surface area contributed by atoms with Crippen LogP contribution in [-0.4, -0.2) is 35.9 Å². The summed E-state index contributed by atoms with van der Waals surface area (Å²) < 4.78 is 15.9. The highest BCUT2D eigenvalue weighted by molar-refractivity contribution is 6.08. The molecule has 4 rings (SSSR count). The summed E-state index contributed by atoms with van der Waals surface area (Å²) in [5.41, 5.74) is 1.50. The van der Waals surface area contributed by atoms with Crippen LogP contribution in [0, 0.1) is 19.7 Å². The topological polar surface area (TPSA) is 113 Å². The van der Waals surface area contributed by atoms with E-state index in [4.69, 9.17) is 0 Å². The van der Waals surface area contributed by atoms with Crippen molar-refractivity contribution in [3.8, 4) is 0 Å². The molecule has 212 valence electrons. The van der Waals surface area contributed by atoms with Crippen LogP contribution >= 0.6 is 0 Å². The molecule has 1 aliphatic rings. The number of rotatable bonds is 9. The van der Waals surface area contributed by atoms with Crippen molar-refractivity contribution in [3.05, 3.63) is 80.9 Å². The minimum Gasteiger partial charge on any atom is -0.355 e. The summed E-state index contributed by atoms with van der Waals surface area (Å²) >= 11 is 0. The van der Waals surface area contributed by atoms with E-state index in [-0.39, 0.29) is 46.7 Å². The number of anilines is 4. The van der Waals surface area contributed by atoms with E-state index in [0.29, 0.717) is 23.2 Å². The van der Waals surface area contributed by atoms with Crippen molar-refractivity contribution >= 4 is 41.1 Å². The average Bonchev–Trinajstić information content (AvgIpc) is 3.76. The maximum atomic E-state index is 14.7. The van der Waals surface area contributed by atoms with E-state index < -0.39 is 17.3 Å². The number of pyridine rings is 1. The molecule has 3 amide bonds. The van der Waals surface area contributed by atoms with Gasteiger partial charge in [-0.05, 0) is 62.1 Å². The number of halogens is 1. The van der Waals surface area contributed by atoms with E-state index in [1.165, 1.54) is 42.6 Å². The summed E-state index contributed by atoms with van der Waals surface area (Å²) in [5.74, 6) is -1.25. The molecule has 1 heterocycles. The summed E-state index contributed by atoms with van der Waals surface area (Å²) in [6.07, 6.45) is 2.57. The standard InChI is InChI=1S/C28H30FN5O4.C2H6/c1-16-8-11-22(21(29)12-16)32-26-24(27(37)30-3)25(17(2)28(38)33(26)4)34(15-35)20-7-5-6-18(13-20)14-23(36)31-19-9-10-19;1-2/h5-8,11-13,15,19,32H,9-10,14H2,1-4H3,(H,30,37)(H,31,36);1-2H3. The van der Waals surface area contributed by atoms with Gasteiger partial charge >= 0.3 is 0 Å². The van der Waals surface area contributed by atoms with Crippen LogP contribution < -0.4 is 26.4 Å². The van der Waals surface area contributed by atoms with Crippen LogP contribution in [0.15, 0.2) is 47.3 Å². The Balaban J connectivity index is 0.00000216. The number of benzene rings is 2. The first-order chi connectivity index (χ1) is 19.1. The van der Waals surface area contributed by atoms with Gasteiger partial charge in [0.15, 0.2) is 0 Å². The fourth-order valence-corrected chi connectivity index (χ4v) is 4.31. The smallest absolute Gasteiger partial charge is 0.256 e. The lowest BCUT2D eigenvalue weighted by Crippen LogP contribution is -2.33. The lowest BCUT2D eigenvalue weighted by Gasteiger charge is -2.26. The molecule has 10 heteroatoms. The molecule has 0 aliphatic heterocycles. The Hall–Kier alpha value is -4.47. The third-order valence-electron chi connectivity index (χ3n) is 6.46. The van der Waals surface area contributed by atoms with Crippen molar-refractivity contribution in [2.75, 3.05) is 17.3 Å². The zero-order valence-corrected chi connectivity index (χ0v) is 23.7. The minimum absolute atomic E-state index is 0.0175. The molecule has 9 nitrogen and oxygen atoms in total. The van der Waals surface area contributed by atoms with Crippen LogP contribution in [0.2, 0.25) is 0 Å². The summed E-state index contributed by atoms with van der Waals surface area (Å²) in [6.45, 7) is 7.26. The monoisotopic (exact) mass is 549 g/mol. The molecule has 2 aromatic carbocycles. The van der Waals surface area contributed by atoms with Crippen molar-refractivity contribution in [2.24, 2.45) is 7.05 Å². The fourth-order valence-electron chi connectivity index (χ4n) is 4.31. The van der Waals surface area contributed by atoms with Crippen molar-refractivity contribution in [1.82, 2.24) is 15.2 Å². The van der Waals surface area contributed by atoms with Crippen molar-refractivity contribution in [3.63, 3.8) is 0 Å². The lowest BCUT2D eigenvalue weighted by atomic mass is 10.0. The van der Waals surface area contributed by atoms with Crippen molar-refractivity contribution in [1.29, 1.82) is 0 Å². The zero-order valence-electron chi connectivity index (χ0n) is 23.7. The number of carbonyl (C=O) groups is 3. The van der Waals surface area contributed by atoms with Gasteiger partial charge in [0.05, 0.1) is 17.8 Å². The third-order valence-corrected chi connectivity index (χ3v) is 6.46. The van der Waals surface area contributed by atoms with Gasteiger partial charge in [0.25, 0.3) is 11.5 Å². The van der Waals surface area contributed by atoms with Crippen molar-refractivity contribution < 1.29 is 18.8 Å². The lowest BCUT2D eigenvalue weighted by molar-refractivity contribution is -0.120. The fraction of sp³-hybridized carbons (Fsp3) is 0.333. The molecule has 0 unspecified atom stereocenters. The number of carbonyl (C=O) groups excluding carboxylic acids is 3. The summed E-state index contributed by atoms with van der Waals surface area (Å²) in [4.78, 5) is 52.5. The first-order valence-electron chi connectivity index (χ1n) is 13.3. The molecular formula is C30H36FN5O4. The third kappa shape index (κ3) is 6.56. The van der Waals surface area contributed by atoms with Crippen LogP contribution in [-0.2, 0) is 23.1 Å². The number of nitrogens with zero attached hydrogens (tertiary/aromatic N) is 2. The van der Waals surface area contributed by atoms with E-state index in [0.717, 1.165) is 12.8 Å². The predicted octanol–water partition coefficient (Wildman–Crippen LogP) is 4.39. The Kier molecular flexibility index (Phi) is 9.82. The molecule has 3 N–H and O–H groups in total. The number of hydrogen-bond donors (Lipinski definition) is 3. The Labute approximate surface area is 233 Å². The summed E-state index contributed by atoms with van der Waals surface area (Å²) in [5, 5.41) is 8.37. The van der Waals surface area contributed by atoms with E-state index in [1.807, 2.05) is 13.8 Å². The molecule has 0 saturated heterocycles. The van der Waals surface area contributed by atoms with Crippen LogP contribution in [0.1, 0.15) is 53.7 Å². The van der Waals surface area contributed by atoms with Gasteiger partial charge in [-0.1, -0.05) is 32.0 Å². The number of nitrogens with one attached hydrogen (secondary N) is 3. The molecule has 0 spiro atoms. The molecule has 0 atom stereocenters. The highest BCUT2D eigenvalue weighted by atomic mass is 19.1. The van der Waals surface area contributed by atoms with E-state index in [1.54, 1.807) is 37.3 Å². The van der Waals surface area contributed by atoms with Gasteiger partial charge in [0.1, 0.15) is 17.2 Å². The van der Waals surface area contributed by atoms with Gasteiger partial charge < -0.3 is 16.0 Å². The first-order valence-corrected chi connectivity index (χ1v) is 13.3. The Morgan fingerprint density at radius 2 is 1.82 bits per heavy atom. The van der Waals surface area contributed by atoms with Crippen LogP contribution in [0.5, 0.6) is 0 Å². The number of hydrogen-bond acceptors (Lipinski definition) is 5. The summed E-state index contributed by atoms with van der Waals surface area (Å²) in [6, 6.07) is 11.5. The second-order valence-electron chi connectivity index (χ2n) is 9.41. The predicted molar refractivity (Wildman–Crippen MR) is 155 cm³/mol. The van der Waals surface area contributed by atoms with Gasteiger partial charge in [-0.3, -0.25) is 28.6 Å². The van der Waals surface area contributed by atoms with E-state index in [9.17, 15) is 23.6 Å². The normalized spacial score (nSPS) is 12.1. The molecular weight excluding hydrogens is 513 g/mol. The van der Waals surface area contributed by atoms with E-state index >= 15 is 0 Å². The first kappa shape index (κ1) is 30.1.